The van der Waals surface area contributed by atoms with Gasteiger partial charge in [-0.15, -0.1) is 0 Å². The van der Waals surface area contributed by atoms with Gasteiger partial charge >= 0.3 is 5.97 Å². The standard InChI is InChI=1S/C16H16N2O3/c1-2-20-16(19)12-17-18-13-7-6-10-15(11-13)21-14-8-4-3-5-9-14/h3-12,18H,2H2,1H3/b17-12-. The van der Waals surface area contributed by atoms with Gasteiger partial charge in [0, 0.05) is 6.07 Å². The molecule has 0 fully saturated rings. The molecule has 5 nitrogen and oxygen atoms in total. The second-order valence-corrected chi connectivity index (χ2v) is 4.06. The molecule has 0 spiro atoms. The maximum absolute atomic E-state index is 11.1. The van der Waals surface area contributed by atoms with E-state index in [0.29, 0.717) is 18.0 Å². The molecule has 2 rings (SSSR count). The first-order chi connectivity index (χ1) is 10.3. The Balaban J connectivity index is 1.96. The predicted molar refractivity (Wildman–Crippen MR) is 81.7 cm³/mol. The predicted octanol–water partition coefficient (Wildman–Crippen LogP) is 3.44. The number of nitrogens with one attached hydrogen (secondary N) is 1. The Labute approximate surface area is 123 Å². The van der Waals surface area contributed by atoms with Gasteiger partial charge in [0.25, 0.3) is 0 Å². The van der Waals surface area contributed by atoms with E-state index in [1.807, 2.05) is 48.5 Å². The quantitative estimate of drug-likeness (QED) is 0.501. The maximum atomic E-state index is 11.1. The number of esters is 1. The van der Waals surface area contributed by atoms with E-state index in [9.17, 15) is 4.79 Å². The van der Waals surface area contributed by atoms with Crippen molar-refractivity contribution < 1.29 is 14.3 Å². The zero-order valence-electron chi connectivity index (χ0n) is 11.7. The third-order valence-electron chi connectivity index (χ3n) is 2.46. The van der Waals surface area contributed by atoms with Gasteiger partial charge in [0.1, 0.15) is 17.7 Å². The molecule has 21 heavy (non-hydrogen) atoms. The molecule has 0 aliphatic rings. The number of ether oxygens (including phenoxy) is 2. The van der Waals surface area contributed by atoms with Crippen molar-refractivity contribution in [3.05, 3.63) is 54.6 Å². The van der Waals surface area contributed by atoms with Gasteiger partial charge in [-0.1, -0.05) is 24.3 Å². The Morgan fingerprint density at radius 2 is 1.90 bits per heavy atom. The Bertz CT molecular complexity index is 612. The number of hydrazone groups is 1. The van der Waals surface area contributed by atoms with Gasteiger partial charge in [-0.05, 0) is 31.2 Å². The second-order valence-electron chi connectivity index (χ2n) is 4.06. The number of hydrogen-bond acceptors (Lipinski definition) is 5. The molecule has 0 bridgehead atoms. The number of rotatable bonds is 6. The topological polar surface area (TPSA) is 59.9 Å². The van der Waals surface area contributed by atoms with Crippen molar-refractivity contribution in [1.82, 2.24) is 0 Å². The molecular weight excluding hydrogens is 268 g/mol. The molecule has 0 radical (unpaired) electrons. The minimum Gasteiger partial charge on any atom is -0.462 e. The van der Waals surface area contributed by atoms with Crippen LogP contribution in [-0.4, -0.2) is 18.8 Å². The van der Waals surface area contributed by atoms with Crippen LogP contribution in [0.1, 0.15) is 6.92 Å². The molecule has 2 aromatic carbocycles. The van der Waals surface area contributed by atoms with Crippen molar-refractivity contribution in [3.63, 3.8) is 0 Å². The van der Waals surface area contributed by atoms with Crippen molar-refractivity contribution in [2.45, 2.75) is 6.92 Å². The molecule has 0 atom stereocenters. The molecule has 0 aliphatic heterocycles. The zero-order valence-corrected chi connectivity index (χ0v) is 11.7. The van der Waals surface area contributed by atoms with Crippen molar-refractivity contribution in [2.24, 2.45) is 5.10 Å². The molecule has 0 aliphatic carbocycles. The molecule has 0 aromatic heterocycles. The Morgan fingerprint density at radius 1 is 1.14 bits per heavy atom. The first-order valence-electron chi connectivity index (χ1n) is 6.56. The van der Waals surface area contributed by atoms with Gasteiger partial charge in [0.2, 0.25) is 0 Å². The monoisotopic (exact) mass is 284 g/mol. The lowest BCUT2D eigenvalue weighted by Gasteiger charge is -2.07. The van der Waals surface area contributed by atoms with E-state index in [0.717, 1.165) is 12.0 Å². The molecule has 0 amide bonds. The van der Waals surface area contributed by atoms with E-state index in [1.54, 1.807) is 13.0 Å². The summed E-state index contributed by atoms with van der Waals surface area (Å²) in [5.74, 6) is 0.948. The third kappa shape index (κ3) is 4.99. The summed E-state index contributed by atoms with van der Waals surface area (Å²) >= 11 is 0. The van der Waals surface area contributed by atoms with Gasteiger partial charge in [0.05, 0.1) is 12.3 Å². The fraction of sp³-hybridized carbons (Fsp3) is 0.125. The molecule has 108 valence electrons. The van der Waals surface area contributed by atoms with E-state index < -0.39 is 5.97 Å². The van der Waals surface area contributed by atoms with Crippen LogP contribution in [0.5, 0.6) is 11.5 Å². The van der Waals surface area contributed by atoms with Gasteiger partial charge in [-0.2, -0.15) is 5.10 Å². The van der Waals surface area contributed by atoms with Crippen LogP contribution < -0.4 is 10.2 Å². The number of para-hydroxylation sites is 1. The van der Waals surface area contributed by atoms with E-state index in [2.05, 4.69) is 10.5 Å². The Morgan fingerprint density at radius 3 is 2.67 bits per heavy atom. The minimum absolute atomic E-state index is 0.325. The van der Waals surface area contributed by atoms with Crippen molar-refractivity contribution in [1.29, 1.82) is 0 Å². The summed E-state index contributed by atoms with van der Waals surface area (Å²) in [5.41, 5.74) is 3.46. The maximum Gasteiger partial charge on any atom is 0.351 e. The summed E-state index contributed by atoms with van der Waals surface area (Å²) in [6.07, 6.45) is 1.09. The zero-order chi connectivity index (χ0) is 14.9. The van der Waals surface area contributed by atoms with Gasteiger partial charge in [-0.25, -0.2) is 4.79 Å². The number of carbonyl (C=O) groups is 1. The largest absolute Gasteiger partial charge is 0.462 e. The van der Waals surface area contributed by atoms with E-state index in [-0.39, 0.29) is 0 Å². The van der Waals surface area contributed by atoms with Gasteiger partial charge in [-0.3, -0.25) is 5.43 Å². The number of nitrogens with zero attached hydrogens (tertiary/aromatic N) is 1. The number of carbonyl (C=O) groups excluding carboxylic acids is 1. The number of anilines is 1. The van der Waals surface area contributed by atoms with Crippen LogP contribution in [0.15, 0.2) is 59.7 Å². The van der Waals surface area contributed by atoms with Crippen LogP contribution in [-0.2, 0) is 9.53 Å². The second kappa shape index (κ2) is 7.69. The van der Waals surface area contributed by atoms with Crippen LogP contribution in [0, 0.1) is 0 Å². The Kier molecular flexibility index (Phi) is 5.34. The van der Waals surface area contributed by atoms with E-state index in [4.69, 9.17) is 9.47 Å². The summed E-state index contributed by atoms with van der Waals surface area (Å²) in [4.78, 5) is 11.1. The molecule has 5 heteroatoms. The summed E-state index contributed by atoms with van der Waals surface area (Å²) in [5, 5.41) is 3.80. The molecule has 0 saturated carbocycles. The van der Waals surface area contributed by atoms with Crippen molar-refractivity contribution >= 4 is 17.9 Å². The Hall–Kier alpha value is -2.82. The smallest absolute Gasteiger partial charge is 0.351 e. The highest BCUT2D eigenvalue weighted by atomic mass is 16.5. The van der Waals surface area contributed by atoms with Crippen LogP contribution >= 0.6 is 0 Å². The fourth-order valence-electron chi connectivity index (χ4n) is 1.59. The van der Waals surface area contributed by atoms with Crippen LogP contribution in [0.2, 0.25) is 0 Å². The molecule has 0 heterocycles. The highest BCUT2D eigenvalue weighted by Gasteiger charge is 1.99. The molecule has 0 unspecified atom stereocenters. The summed E-state index contributed by atoms with van der Waals surface area (Å²) in [6, 6.07) is 16.8. The summed E-state index contributed by atoms with van der Waals surface area (Å²) in [6.45, 7) is 2.06. The van der Waals surface area contributed by atoms with Crippen LogP contribution in [0.3, 0.4) is 0 Å². The molecule has 0 saturated heterocycles. The minimum atomic E-state index is -0.485. The molecule has 2 aromatic rings. The third-order valence-corrected chi connectivity index (χ3v) is 2.46. The lowest BCUT2D eigenvalue weighted by molar-refractivity contribution is -0.134. The van der Waals surface area contributed by atoms with Crippen molar-refractivity contribution in [3.8, 4) is 11.5 Å². The fourth-order valence-corrected chi connectivity index (χ4v) is 1.59. The lowest BCUT2D eigenvalue weighted by Crippen LogP contribution is -2.06. The van der Waals surface area contributed by atoms with Crippen LogP contribution in [0.25, 0.3) is 0 Å². The summed E-state index contributed by atoms with van der Waals surface area (Å²) < 4.78 is 10.4. The number of benzene rings is 2. The van der Waals surface area contributed by atoms with E-state index >= 15 is 0 Å². The molecular formula is C16H16N2O3. The van der Waals surface area contributed by atoms with Crippen LogP contribution in [0.4, 0.5) is 5.69 Å². The van der Waals surface area contributed by atoms with E-state index in [1.165, 1.54) is 0 Å². The summed E-state index contributed by atoms with van der Waals surface area (Å²) in [7, 11) is 0. The highest BCUT2D eigenvalue weighted by Crippen LogP contribution is 2.23. The molecule has 1 N–H and O–H groups in total. The normalized spacial score (nSPS) is 10.3. The average molecular weight is 284 g/mol. The lowest BCUT2D eigenvalue weighted by atomic mass is 10.3. The van der Waals surface area contributed by atoms with Gasteiger partial charge < -0.3 is 9.47 Å². The number of hydrogen-bond donors (Lipinski definition) is 1. The van der Waals surface area contributed by atoms with Crippen molar-refractivity contribution in [2.75, 3.05) is 12.0 Å². The SMILES string of the molecule is CCOC(=O)/C=N\Nc1cccc(Oc2ccccc2)c1. The average Bonchev–Trinajstić information content (AvgIpc) is 2.49. The first-order valence-corrected chi connectivity index (χ1v) is 6.56. The highest BCUT2D eigenvalue weighted by molar-refractivity contribution is 6.23. The van der Waals surface area contributed by atoms with Gasteiger partial charge in [0.15, 0.2) is 0 Å². The first kappa shape index (κ1) is 14.6.